The van der Waals surface area contributed by atoms with Crippen LogP contribution in [0, 0.1) is 6.42 Å². The molecule has 1 radical (unpaired) electrons. The largest absolute Gasteiger partial charge is 0.394 e. The number of aromatic nitrogens is 2. The van der Waals surface area contributed by atoms with Gasteiger partial charge in [-0.3, -0.25) is 0 Å². The summed E-state index contributed by atoms with van der Waals surface area (Å²) >= 11 is 0. The molecule has 9 heteroatoms. The predicted octanol–water partition coefficient (Wildman–Crippen LogP) is 3.35. The van der Waals surface area contributed by atoms with Gasteiger partial charge in [-0.25, -0.2) is 9.36 Å². The molecule has 0 bridgehead atoms. The van der Waals surface area contributed by atoms with E-state index >= 15 is 0 Å². The minimum Gasteiger partial charge on any atom is -0.394 e. The highest BCUT2D eigenvalue weighted by Gasteiger charge is 2.55. The summed E-state index contributed by atoms with van der Waals surface area (Å²) in [6.07, 6.45) is 18.6. The third-order valence-electron chi connectivity index (χ3n) is 7.10. The van der Waals surface area contributed by atoms with E-state index in [2.05, 4.69) is 11.9 Å². The molecule has 1 aliphatic heterocycles. The van der Waals surface area contributed by atoms with Crippen LogP contribution in [-0.4, -0.2) is 54.9 Å². The third kappa shape index (κ3) is 9.10. The monoisotopic (exact) mass is 510 g/mol. The first-order valence-corrected chi connectivity index (χ1v) is 13.9. The first-order valence-electron chi connectivity index (χ1n) is 13.9. The summed E-state index contributed by atoms with van der Waals surface area (Å²) in [5, 5.41) is 40.2. The van der Waals surface area contributed by atoms with E-state index in [1.54, 1.807) is 0 Å². The lowest BCUT2D eigenvalue weighted by Crippen LogP contribution is -2.50. The maximum atomic E-state index is 12.3. The summed E-state index contributed by atoms with van der Waals surface area (Å²) in [5.74, 6) is -2.52. The highest BCUT2D eigenvalue weighted by atomic mass is 16.7. The van der Waals surface area contributed by atoms with E-state index in [4.69, 9.17) is 10.5 Å². The summed E-state index contributed by atoms with van der Waals surface area (Å²) in [5.41, 5.74) is 5.39. The highest BCUT2D eigenvalue weighted by molar-refractivity contribution is 5.42. The minimum absolute atomic E-state index is 0.0209. The second-order valence-electron chi connectivity index (χ2n) is 10.1. The molecule has 36 heavy (non-hydrogen) atoms. The topological polar surface area (TPSA) is 151 Å². The molecule has 6 N–H and O–H groups in total. The Bertz CT molecular complexity index is 804. The standard InChI is InChI=1S/C27H48N3O6/c1-2-3-4-5-6-7-8-9-10-11-12-13-14-15-16-17-18-21-19-30(26(34)29-25(21)28)27(35)24(33)23(32)22(20-31)36-27/h18-19,22-24,31-33,35H,2-17,20H2,1H3,(H2,28,29,34)/t22-,23-,24+,27+/m0/s1. The molecule has 1 aliphatic rings. The molecule has 2 rings (SSSR count). The Kier molecular flexibility index (Phi) is 13.9. The third-order valence-corrected chi connectivity index (χ3v) is 7.10. The van der Waals surface area contributed by atoms with Gasteiger partial charge in [-0.2, -0.15) is 4.98 Å². The van der Waals surface area contributed by atoms with E-state index in [0.29, 0.717) is 10.1 Å². The van der Waals surface area contributed by atoms with Crippen LogP contribution in [0.3, 0.4) is 0 Å². The smallest absolute Gasteiger partial charge is 0.353 e. The van der Waals surface area contributed by atoms with Gasteiger partial charge in [0.25, 0.3) is 5.91 Å². The lowest BCUT2D eigenvalue weighted by molar-refractivity contribution is -0.291. The molecule has 0 aromatic carbocycles. The van der Waals surface area contributed by atoms with E-state index in [1.807, 2.05) is 6.42 Å². The average Bonchev–Trinajstić information content (AvgIpc) is 3.09. The van der Waals surface area contributed by atoms with Crippen molar-refractivity contribution in [1.29, 1.82) is 0 Å². The van der Waals surface area contributed by atoms with E-state index in [1.165, 1.54) is 89.7 Å². The van der Waals surface area contributed by atoms with Gasteiger partial charge in [0, 0.05) is 11.8 Å². The zero-order valence-electron chi connectivity index (χ0n) is 22.0. The Morgan fingerprint density at radius 1 is 0.972 bits per heavy atom. The lowest BCUT2D eigenvalue weighted by atomic mass is 10.0. The van der Waals surface area contributed by atoms with Crippen LogP contribution >= 0.6 is 0 Å². The molecule has 9 nitrogen and oxygen atoms in total. The summed E-state index contributed by atoms with van der Waals surface area (Å²) < 4.78 is 5.91. The van der Waals surface area contributed by atoms with Crippen molar-refractivity contribution in [3.8, 4) is 0 Å². The Hall–Kier alpha value is -1.52. The van der Waals surface area contributed by atoms with Gasteiger partial charge in [-0.15, -0.1) is 0 Å². The zero-order chi connectivity index (χ0) is 26.4. The average molecular weight is 511 g/mol. The fourth-order valence-electron chi connectivity index (χ4n) is 4.77. The van der Waals surface area contributed by atoms with Crippen LogP contribution in [0.25, 0.3) is 0 Å². The molecule has 0 unspecified atom stereocenters. The van der Waals surface area contributed by atoms with Gasteiger partial charge >= 0.3 is 5.69 Å². The molecule has 0 spiro atoms. The minimum atomic E-state index is -2.54. The van der Waals surface area contributed by atoms with Crippen molar-refractivity contribution in [2.45, 2.75) is 134 Å². The number of hydrogen-bond acceptors (Lipinski definition) is 8. The summed E-state index contributed by atoms with van der Waals surface area (Å²) in [6, 6.07) is 0. The van der Waals surface area contributed by atoms with Crippen molar-refractivity contribution in [3.05, 3.63) is 28.7 Å². The van der Waals surface area contributed by atoms with Crippen LogP contribution in [0.2, 0.25) is 0 Å². The van der Waals surface area contributed by atoms with Gasteiger partial charge < -0.3 is 30.9 Å². The first-order chi connectivity index (χ1) is 17.3. The summed E-state index contributed by atoms with van der Waals surface area (Å²) in [4.78, 5) is 16.0. The molecule has 1 aromatic rings. The highest BCUT2D eigenvalue weighted by Crippen LogP contribution is 2.33. The van der Waals surface area contributed by atoms with Crippen LogP contribution in [0.4, 0.5) is 5.82 Å². The molecular weight excluding hydrogens is 462 g/mol. The van der Waals surface area contributed by atoms with Crippen molar-refractivity contribution in [1.82, 2.24) is 9.55 Å². The Labute approximate surface area is 215 Å². The number of rotatable bonds is 19. The first kappa shape index (κ1) is 30.7. The van der Waals surface area contributed by atoms with Crippen LogP contribution in [-0.2, 0) is 10.6 Å². The summed E-state index contributed by atoms with van der Waals surface area (Å²) in [7, 11) is 0. The molecular formula is C27H48N3O6. The normalized spacial score (nSPS) is 24.0. The van der Waals surface area contributed by atoms with Crippen molar-refractivity contribution >= 4 is 5.82 Å². The van der Waals surface area contributed by atoms with Gasteiger partial charge in [0.05, 0.1) is 6.61 Å². The zero-order valence-corrected chi connectivity index (χ0v) is 22.0. The maximum Gasteiger partial charge on any atom is 0.353 e. The lowest BCUT2D eigenvalue weighted by Gasteiger charge is -2.28. The molecule has 4 atom stereocenters. The second-order valence-corrected chi connectivity index (χ2v) is 10.1. The number of nitrogen functional groups attached to an aromatic ring is 1. The van der Waals surface area contributed by atoms with Crippen LogP contribution in [0.5, 0.6) is 0 Å². The Morgan fingerprint density at radius 2 is 1.47 bits per heavy atom. The number of unbranched alkanes of at least 4 members (excludes halogenated alkanes) is 15. The Balaban J connectivity index is 1.62. The fraction of sp³-hybridized carbons (Fsp3) is 0.815. The quantitative estimate of drug-likeness (QED) is 0.178. The van der Waals surface area contributed by atoms with Gasteiger partial charge in [0.2, 0.25) is 0 Å². The van der Waals surface area contributed by atoms with Crippen LogP contribution in [0.1, 0.15) is 115 Å². The van der Waals surface area contributed by atoms with Crippen LogP contribution in [0.15, 0.2) is 11.0 Å². The molecule has 1 fully saturated rings. The van der Waals surface area contributed by atoms with E-state index in [-0.39, 0.29) is 5.82 Å². The van der Waals surface area contributed by atoms with Crippen LogP contribution < -0.4 is 11.4 Å². The van der Waals surface area contributed by atoms with Crippen molar-refractivity contribution in [2.75, 3.05) is 12.3 Å². The number of aliphatic hydroxyl groups excluding tert-OH is 3. The number of anilines is 1. The van der Waals surface area contributed by atoms with E-state index < -0.39 is 36.5 Å². The SMILES string of the molecule is CCCCCCCCCCCCCCCCC[CH]c1cn([C@]2(O)O[C@@H](CO)[C@H](O)[C@H]2O)c(=O)nc1N. The maximum absolute atomic E-state index is 12.3. The number of nitrogens with two attached hydrogens (primary N) is 1. The van der Waals surface area contributed by atoms with Gasteiger partial charge in [0.15, 0.2) is 6.10 Å². The molecule has 207 valence electrons. The number of aliphatic hydroxyl groups is 4. The molecule has 2 heterocycles. The van der Waals surface area contributed by atoms with Gasteiger partial charge in [-0.1, -0.05) is 103 Å². The molecule has 0 amide bonds. The molecule has 0 saturated carbocycles. The second kappa shape index (κ2) is 16.3. The van der Waals surface area contributed by atoms with E-state index in [9.17, 15) is 25.2 Å². The molecule has 0 aliphatic carbocycles. The number of ether oxygens (including phenoxy) is 1. The Morgan fingerprint density at radius 3 is 1.94 bits per heavy atom. The van der Waals surface area contributed by atoms with Crippen molar-refractivity contribution < 1.29 is 25.2 Å². The predicted molar refractivity (Wildman–Crippen MR) is 140 cm³/mol. The number of nitrogens with zero attached hydrogens (tertiary/aromatic N) is 2. The van der Waals surface area contributed by atoms with Crippen molar-refractivity contribution in [3.63, 3.8) is 0 Å². The van der Waals surface area contributed by atoms with Gasteiger partial charge in [-0.05, 0) is 12.8 Å². The molecule has 1 saturated heterocycles. The van der Waals surface area contributed by atoms with E-state index in [0.717, 1.165) is 19.3 Å². The summed E-state index contributed by atoms with van der Waals surface area (Å²) in [6.45, 7) is 1.63. The van der Waals surface area contributed by atoms with Gasteiger partial charge in [0.1, 0.15) is 18.0 Å². The molecule has 1 aromatic heterocycles. The number of hydrogen-bond donors (Lipinski definition) is 5. The van der Waals surface area contributed by atoms with Crippen molar-refractivity contribution in [2.24, 2.45) is 0 Å². The fourth-order valence-corrected chi connectivity index (χ4v) is 4.77.